The Balaban J connectivity index is 3.21. The Morgan fingerprint density at radius 1 is 1.11 bits per heavy atom. The minimum Gasteiger partial charge on any atom is -0.490 e. The molecule has 0 aromatic heterocycles. The molecule has 0 aliphatic rings. The number of hydrogen-bond donors (Lipinski definition) is 1. The summed E-state index contributed by atoms with van der Waals surface area (Å²) >= 11 is 6.04. The SMILES string of the molecule is CC(C)Oc1cc(OC(C)C)c(C(N)=O)cc1Cl. The fourth-order valence-electron chi connectivity index (χ4n) is 1.42. The summed E-state index contributed by atoms with van der Waals surface area (Å²) in [6, 6.07) is 3.07. The van der Waals surface area contributed by atoms with E-state index in [0.29, 0.717) is 16.5 Å². The Hall–Kier alpha value is -1.42. The number of carbonyl (C=O) groups excluding carboxylic acids is 1. The molecular weight excluding hydrogens is 254 g/mol. The maximum Gasteiger partial charge on any atom is 0.252 e. The topological polar surface area (TPSA) is 61.6 Å². The number of benzene rings is 1. The van der Waals surface area contributed by atoms with Crippen LogP contribution in [0.2, 0.25) is 5.02 Å². The van der Waals surface area contributed by atoms with Gasteiger partial charge in [0.25, 0.3) is 5.91 Å². The van der Waals surface area contributed by atoms with Crippen molar-refractivity contribution in [3.8, 4) is 11.5 Å². The number of hydrogen-bond acceptors (Lipinski definition) is 3. The average molecular weight is 272 g/mol. The summed E-state index contributed by atoms with van der Waals surface area (Å²) in [7, 11) is 0. The fraction of sp³-hybridized carbons (Fsp3) is 0.462. The fourth-order valence-corrected chi connectivity index (χ4v) is 1.63. The van der Waals surface area contributed by atoms with E-state index in [4.69, 9.17) is 26.8 Å². The Morgan fingerprint density at radius 3 is 2.06 bits per heavy atom. The second-order valence-corrected chi connectivity index (χ2v) is 4.88. The first-order chi connectivity index (χ1) is 8.31. The van der Waals surface area contributed by atoms with Gasteiger partial charge < -0.3 is 15.2 Å². The van der Waals surface area contributed by atoms with E-state index in [-0.39, 0.29) is 17.8 Å². The largest absolute Gasteiger partial charge is 0.490 e. The number of amides is 1. The van der Waals surface area contributed by atoms with Crippen molar-refractivity contribution >= 4 is 17.5 Å². The average Bonchev–Trinajstić information content (AvgIpc) is 2.20. The van der Waals surface area contributed by atoms with Gasteiger partial charge in [-0.1, -0.05) is 11.6 Å². The first kappa shape index (κ1) is 14.6. The van der Waals surface area contributed by atoms with E-state index in [1.54, 1.807) is 6.07 Å². The molecule has 0 fully saturated rings. The molecule has 0 atom stereocenters. The number of primary amides is 1. The van der Waals surface area contributed by atoms with Gasteiger partial charge in [-0.05, 0) is 33.8 Å². The minimum absolute atomic E-state index is 0.0196. The monoisotopic (exact) mass is 271 g/mol. The summed E-state index contributed by atoms with van der Waals surface area (Å²) in [5, 5.41) is 0.341. The van der Waals surface area contributed by atoms with Gasteiger partial charge in [0, 0.05) is 6.07 Å². The van der Waals surface area contributed by atoms with E-state index in [2.05, 4.69) is 0 Å². The molecule has 100 valence electrons. The normalized spacial score (nSPS) is 10.8. The highest BCUT2D eigenvalue weighted by Gasteiger charge is 2.16. The molecule has 1 amide bonds. The highest BCUT2D eigenvalue weighted by Crippen LogP contribution is 2.33. The smallest absolute Gasteiger partial charge is 0.252 e. The molecule has 1 aromatic carbocycles. The molecule has 0 bridgehead atoms. The van der Waals surface area contributed by atoms with Crippen LogP contribution in [-0.4, -0.2) is 18.1 Å². The van der Waals surface area contributed by atoms with Crippen molar-refractivity contribution in [1.82, 2.24) is 0 Å². The number of nitrogens with two attached hydrogens (primary N) is 1. The van der Waals surface area contributed by atoms with Crippen molar-refractivity contribution in [3.63, 3.8) is 0 Å². The van der Waals surface area contributed by atoms with Gasteiger partial charge in [-0.2, -0.15) is 0 Å². The lowest BCUT2D eigenvalue weighted by Gasteiger charge is -2.17. The third kappa shape index (κ3) is 3.81. The van der Waals surface area contributed by atoms with Crippen LogP contribution in [0.5, 0.6) is 11.5 Å². The second-order valence-electron chi connectivity index (χ2n) is 4.48. The zero-order valence-corrected chi connectivity index (χ0v) is 11.7. The molecule has 1 aromatic rings. The third-order valence-corrected chi connectivity index (χ3v) is 2.32. The molecule has 0 saturated heterocycles. The molecule has 0 saturated carbocycles. The molecule has 0 heterocycles. The Kier molecular flexibility index (Phi) is 4.84. The van der Waals surface area contributed by atoms with Crippen LogP contribution in [0.25, 0.3) is 0 Å². The van der Waals surface area contributed by atoms with Crippen molar-refractivity contribution in [3.05, 3.63) is 22.7 Å². The maximum absolute atomic E-state index is 11.3. The maximum atomic E-state index is 11.3. The first-order valence-electron chi connectivity index (χ1n) is 5.78. The molecule has 0 radical (unpaired) electrons. The van der Waals surface area contributed by atoms with Crippen molar-refractivity contribution < 1.29 is 14.3 Å². The summed E-state index contributed by atoms with van der Waals surface area (Å²) in [6.07, 6.45) is -0.0926. The number of carbonyl (C=O) groups is 1. The molecular formula is C13H18ClNO3. The molecule has 0 spiro atoms. The molecule has 0 unspecified atom stereocenters. The van der Waals surface area contributed by atoms with Crippen molar-refractivity contribution in [1.29, 1.82) is 0 Å². The van der Waals surface area contributed by atoms with Crippen molar-refractivity contribution in [2.75, 3.05) is 0 Å². The lowest BCUT2D eigenvalue weighted by atomic mass is 10.1. The van der Waals surface area contributed by atoms with Crippen LogP contribution in [0.1, 0.15) is 38.1 Å². The molecule has 1 rings (SSSR count). The predicted molar refractivity (Wildman–Crippen MR) is 71.5 cm³/mol. The van der Waals surface area contributed by atoms with Crippen molar-refractivity contribution in [2.24, 2.45) is 5.73 Å². The number of rotatable bonds is 5. The van der Waals surface area contributed by atoms with Gasteiger partial charge in [0.05, 0.1) is 22.8 Å². The van der Waals surface area contributed by atoms with Crippen LogP contribution < -0.4 is 15.2 Å². The molecule has 18 heavy (non-hydrogen) atoms. The van der Waals surface area contributed by atoms with E-state index in [1.165, 1.54) is 6.07 Å². The van der Waals surface area contributed by atoms with Crippen LogP contribution >= 0.6 is 11.6 Å². The minimum atomic E-state index is -0.580. The molecule has 4 nitrogen and oxygen atoms in total. The van der Waals surface area contributed by atoms with E-state index < -0.39 is 5.91 Å². The molecule has 5 heteroatoms. The number of halogens is 1. The van der Waals surface area contributed by atoms with Gasteiger partial charge in [0.15, 0.2) is 0 Å². The van der Waals surface area contributed by atoms with Crippen LogP contribution in [0.3, 0.4) is 0 Å². The van der Waals surface area contributed by atoms with E-state index in [9.17, 15) is 4.79 Å². The predicted octanol–water partition coefficient (Wildman–Crippen LogP) is 3.01. The van der Waals surface area contributed by atoms with Gasteiger partial charge >= 0.3 is 0 Å². The van der Waals surface area contributed by atoms with Gasteiger partial charge in [0.1, 0.15) is 11.5 Å². The lowest BCUT2D eigenvalue weighted by Crippen LogP contribution is -2.16. The molecule has 2 N–H and O–H groups in total. The van der Waals surface area contributed by atoms with Crippen LogP contribution in [0.15, 0.2) is 12.1 Å². The first-order valence-corrected chi connectivity index (χ1v) is 6.15. The highest BCUT2D eigenvalue weighted by atomic mass is 35.5. The second kappa shape index (κ2) is 5.96. The standard InChI is InChI=1S/C13H18ClNO3/c1-7(2)17-11-6-12(18-8(3)4)10(14)5-9(11)13(15)16/h5-8H,1-4H3,(H2,15,16). The van der Waals surface area contributed by atoms with Gasteiger partial charge in [-0.25, -0.2) is 0 Å². The zero-order valence-electron chi connectivity index (χ0n) is 11.0. The summed E-state index contributed by atoms with van der Waals surface area (Å²) in [5.41, 5.74) is 5.55. The third-order valence-electron chi connectivity index (χ3n) is 2.02. The summed E-state index contributed by atoms with van der Waals surface area (Å²) in [5.74, 6) is 0.286. The van der Waals surface area contributed by atoms with Crippen molar-refractivity contribution in [2.45, 2.75) is 39.9 Å². The summed E-state index contributed by atoms with van der Waals surface area (Å²) in [4.78, 5) is 11.3. The Labute approximate surface area is 112 Å². The summed E-state index contributed by atoms with van der Waals surface area (Å²) in [6.45, 7) is 7.51. The number of ether oxygens (including phenoxy) is 2. The Bertz CT molecular complexity index is 444. The Morgan fingerprint density at radius 2 is 1.61 bits per heavy atom. The van der Waals surface area contributed by atoms with E-state index in [0.717, 1.165) is 0 Å². The van der Waals surface area contributed by atoms with Crippen LogP contribution in [0.4, 0.5) is 0 Å². The van der Waals surface area contributed by atoms with Crippen LogP contribution in [0, 0.1) is 0 Å². The molecule has 0 aliphatic carbocycles. The highest BCUT2D eigenvalue weighted by molar-refractivity contribution is 6.32. The molecule has 0 aliphatic heterocycles. The van der Waals surface area contributed by atoms with Gasteiger partial charge in [-0.3, -0.25) is 4.79 Å². The zero-order chi connectivity index (χ0) is 13.9. The van der Waals surface area contributed by atoms with E-state index >= 15 is 0 Å². The van der Waals surface area contributed by atoms with Gasteiger partial charge in [0.2, 0.25) is 0 Å². The van der Waals surface area contributed by atoms with Crippen LogP contribution in [-0.2, 0) is 0 Å². The summed E-state index contributed by atoms with van der Waals surface area (Å²) < 4.78 is 11.1. The van der Waals surface area contributed by atoms with E-state index in [1.807, 2.05) is 27.7 Å². The van der Waals surface area contributed by atoms with Gasteiger partial charge in [-0.15, -0.1) is 0 Å². The quantitative estimate of drug-likeness (QED) is 0.895. The lowest BCUT2D eigenvalue weighted by molar-refractivity contribution is 0.0994.